The third-order valence-corrected chi connectivity index (χ3v) is 6.17. The van der Waals surface area contributed by atoms with E-state index in [1.165, 1.54) is 6.08 Å². The standard InChI is InChI=1S/C29H30ClF3N6O2/c1-5-7-18-11-25(34)19(14-35-4)12-26(18)36-27-37-28(40)39(15-17(3)9-21(30)8-6-2)29(41)38(27)16-20-10-23(32)24(33)13-22(20)31/h6,8-14,34-35H,3,5,7,15-16H2,1-2,4H3,(H,36,37,40)/b8-6-,19-14-,21-9+,34-25?. The molecule has 0 unspecified atom stereocenters. The van der Waals surface area contributed by atoms with Gasteiger partial charge in [-0.3, -0.25) is 4.57 Å². The molecule has 0 atom stereocenters. The summed E-state index contributed by atoms with van der Waals surface area (Å²) in [6, 6.07) is 1.03. The minimum absolute atomic E-state index is 0.251. The second-order valence-corrected chi connectivity index (χ2v) is 9.56. The van der Waals surface area contributed by atoms with Crippen LogP contribution in [0.3, 0.4) is 0 Å². The predicted octanol–water partition coefficient (Wildman–Crippen LogP) is 5.28. The second-order valence-electron chi connectivity index (χ2n) is 9.12. The number of halogens is 4. The first-order valence-corrected chi connectivity index (χ1v) is 13.1. The topological polar surface area (TPSA) is 105 Å². The average molecular weight is 587 g/mol. The molecule has 1 aliphatic rings. The number of nitrogens with zero attached hydrogens (tertiary/aromatic N) is 3. The largest absolute Gasteiger partial charge is 0.393 e. The number of hydrogen-bond donors (Lipinski definition) is 3. The van der Waals surface area contributed by atoms with Crippen LogP contribution in [0.15, 0.2) is 92.3 Å². The van der Waals surface area contributed by atoms with Crippen molar-refractivity contribution in [1.82, 2.24) is 19.4 Å². The van der Waals surface area contributed by atoms with Crippen molar-refractivity contribution in [3.63, 3.8) is 0 Å². The summed E-state index contributed by atoms with van der Waals surface area (Å²) in [6.45, 7) is 6.69. The fraction of sp³-hybridized carbons (Fsp3) is 0.241. The predicted molar refractivity (Wildman–Crippen MR) is 156 cm³/mol. The molecule has 1 aromatic heterocycles. The minimum Gasteiger partial charge on any atom is -0.393 e. The fourth-order valence-electron chi connectivity index (χ4n) is 4.06. The molecule has 1 heterocycles. The molecule has 0 saturated heterocycles. The van der Waals surface area contributed by atoms with Crippen LogP contribution in [0.25, 0.3) is 0 Å². The Bertz CT molecular complexity index is 1650. The van der Waals surface area contributed by atoms with E-state index in [4.69, 9.17) is 17.0 Å². The molecule has 2 aromatic rings. The number of aromatic nitrogens is 3. The molecule has 216 valence electrons. The Morgan fingerprint density at radius 1 is 1.15 bits per heavy atom. The molecule has 8 nitrogen and oxygen atoms in total. The smallest absolute Gasteiger partial charge is 0.355 e. The van der Waals surface area contributed by atoms with Gasteiger partial charge in [-0.05, 0) is 54.9 Å². The van der Waals surface area contributed by atoms with Crippen molar-refractivity contribution in [3.8, 4) is 0 Å². The summed E-state index contributed by atoms with van der Waals surface area (Å²) in [5, 5.41) is 14.5. The van der Waals surface area contributed by atoms with Gasteiger partial charge in [-0.2, -0.15) is 4.98 Å². The van der Waals surface area contributed by atoms with E-state index >= 15 is 0 Å². The van der Waals surface area contributed by atoms with Gasteiger partial charge in [-0.25, -0.2) is 27.3 Å². The lowest BCUT2D eigenvalue weighted by atomic mass is 9.95. The second kappa shape index (κ2) is 13.8. The first kappa shape index (κ1) is 31.2. The van der Waals surface area contributed by atoms with Gasteiger partial charge in [0.15, 0.2) is 11.6 Å². The molecular formula is C29H30ClF3N6O2. The minimum atomic E-state index is -1.38. The molecule has 12 heteroatoms. The molecule has 1 aromatic carbocycles. The van der Waals surface area contributed by atoms with Gasteiger partial charge in [-0.1, -0.05) is 37.6 Å². The number of rotatable bonds is 11. The van der Waals surface area contributed by atoms with Crippen LogP contribution in [0.5, 0.6) is 0 Å². The normalized spacial score (nSPS) is 14.9. The van der Waals surface area contributed by atoms with E-state index in [0.717, 1.165) is 15.6 Å². The van der Waals surface area contributed by atoms with E-state index in [-0.39, 0.29) is 23.8 Å². The number of hydrogen-bond acceptors (Lipinski definition) is 6. The van der Waals surface area contributed by atoms with Crippen LogP contribution in [-0.2, 0) is 13.1 Å². The zero-order chi connectivity index (χ0) is 30.3. The lowest BCUT2D eigenvalue weighted by Crippen LogP contribution is -2.43. The van der Waals surface area contributed by atoms with Crippen molar-refractivity contribution in [2.24, 2.45) is 0 Å². The Labute approximate surface area is 240 Å². The summed E-state index contributed by atoms with van der Waals surface area (Å²) in [4.78, 5) is 30.8. The van der Waals surface area contributed by atoms with Gasteiger partial charge >= 0.3 is 11.4 Å². The van der Waals surface area contributed by atoms with Gasteiger partial charge < -0.3 is 16.0 Å². The molecule has 3 N–H and O–H groups in total. The molecule has 0 fully saturated rings. The van der Waals surface area contributed by atoms with Gasteiger partial charge in [0.1, 0.15) is 5.82 Å². The maximum Gasteiger partial charge on any atom is 0.355 e. The number of nitrogens with one attached hydrogen (secondary N) is 3. The van der Waals surface area contributed by atoms with Gasteiger partial charge in [0.25, 0.3) is 0 Å². The Balaban J connectivity index is 2.19. The summed E-state index contributed by atoms with van der Waals surface area (Å²) in [5.41, 5.74) is 0.0902. The molecule has 1 aliphatic carbocycles. The highest BCUT2D eigenvalue weighted by molar-refractivity contribution is 6.31. The maximum absolute atomic E-state index is 14.7. The number of benzene rings is 1. The van der Waals surface area contributed by atoms with Gasteiger partial charge in [0, 0.05) is 41.2 Å². The first-order valence-electron chi connectivity index (χ1n) is 12.7. The highest BCUT2D eigenvalue weighted by Crippen LogP contribution is 2.25. The molecule has 41 heavy (non-hydrogen) atoms. The van der Waals surface area contributed by atoms with Crippen molar-refractivity contribution in [2.75, 3.05) is 12.4 Å². The maximum atomic E-state index is 14.7. The highest BCUT2D eigenvalue weighted by Gasteiger charge is 2.21. The summed E-state index contributed by atoms with van der Waals surface area (Å²) in [6.07, 6.45) is 11.0. The lowest BCUT2D eigenvalue weighted by molar-refractivity contribution is 0.485. The Kier molecular flexibility index (Phi) is 10.5. The third kappa shape index (κ3) is 7.63. The monoisotopic (exact) mass is 586 g/mol. The fourth-order valence-corrected chi connectivity index (χ4v) is 4.34. The van der Waals surface area contributed by atoms with Crippen molar-refractivity contribution in [1.29, 1.82) is 5.41 Å². The number of allylic oxidation sites excluding steroid dienone is 9. The van der Waals surface area contributed by atoms with Crippen LogP contribution in [0, 0.1) is 22.9 Å². The van der Waals surface area contributed by atoms with E-state index in [1.807, 2.05) is 6.92 Å². The van der Waals surface area contributed by atoms with Crippen LogP contribution in [0.1, 0.15) is 32.3 Å². The summed E-state index contributed by atoms with van der Waals surface area (Å²) >= 11 is 6.10. The average Bonchev–Trinajstić information content (AvgIpc) is 2.90. The van der Waals surface area contributed by atoms with Crippen molar-refractivity contribution < 1.29 is 13.2 Å². The van der Waals surface area contributed by atoms with Crippen LogP contribution < -0.4 is 22.0 Å². The van der Waals surface area contributed by atoms with Crippen LogP contribution in [0.4, 0.5) is 19.1 Å². The molecule has 0 bridgehead atoms. The molecule has 0 radical (unpaired) electrons. The summed E-state index contributed by atoms with van der Waals surface area (Å²) < 4.78 is 44.0. The quantitative estimate of drug-likeness (QED) is 0.245. The molecule has 0 amide bonds. The lowest BCUT2D eigenvalue weighted by Gasteiger charge is -2.22. The van der Waals surface area contributed by atoms with Gasteiger partial charge in [0.05, 0.1) is 18.8 Å². The summed E-state index contributed by atoms with van der Waals surface area (Å²) in [7, 11) is 1.68. The van der Waals surface area contributed by atoms with E-state index in [2.05, 4.69) is 22.2 Å². The van der Waals surface area contributed by atoms with E-state index in [0.29, 0.717) is 46.0 Å². The van der Waals surface area contributed by atoms with Crippen LogP contribution in [-0.4, -0.2) is 26.9 Å². The zero-order valence-electron chi connectivity index (χ0n) is 22.8. The van der Waals surface area contributed by atoms with Gasteiger partial charge in [-0.15, -0.1) is 0 Å². The van der Waals surface area contributed by atoms with Crippen LogP contribution in [0.2, 0.25) is 0 Å². The zero-order valence-corrected chi connectivity index (χ0v) is 23.6. The van der Waals surface area contributed by atoms with Crippen LogP contribution >= 0.6 is 11.6 Å². The van der Waals surface area contributed by atoms with Crippen molar-refractivity contribution in [3.05, 3.63) is 127 Å². The van der Waals surface area contributed by atoms with Gasteiger partial charge in [0.2, 0.25) is 5.95 Å². The molecule has 3 rings (SSSR count). The van der Waals surface area contributed by atoms with Crippen molar-refractivity contribution >= 4 is 23.3 Å². The van der Waals surface area contributed by atoms with E-state index < -0.39 is 35.4 Å². The highest BCUT2D eigenvalue weighted by atomic mass is 35.5. The molecule has 0 saturated carbocycles. The van der Waals surface area contributed by atoms with E-state index in [9.17, 15) is 22.8 Å². The molecule has 0 aliphatic heterocycles. The SMILES string of the molecule is C=C(/C=C(Cl)\C=C/C)Cn1c(=O)nc(NC2=C/C(=C/NC)C(=N)C=C2CCC)n(Cc2cc(F)c(F)cc2F)c1=O. The first-order chi connectivity index (χ1) is 19.5. The number of anilines is 1. The van der Waals surface area contributed by atoms with Crippen molar-refractivity contribution in [2.45, 2.75) is 39.8 Å². The molecular weight excluding hydrogens is 557 g/mol. The Morgan fingerprint density at radius 3 is 2.51 bits per heavy atom. The molecule has 0 spiro atoms. The third-order valence-electron chi connectivity index (χ3n) is 5.94. The Hall–Kier alpha value is -4.38. The van der Waals surface area contributed by atoms with E-state index in [1.54, 1.807) is 44.5 Å². The summed E-state index contributed by atoms with van der Waals surface area (Å²) in [5.74, 6) is -4.01. The Morgan fingerprint density at radius 2 is 1.85 bits per heavy atom.